The van der Waals surface area contributed by atoms with E-state index in [-0.39, 0.29) is 10.8 Å². The molecule has 0 amide bonds. The Morgan fingerprint density at radius 1 is 0.483 bits per heavy atom. The fourth-order valence-electron chi connectivity index (χ4n) is 3.69. The van der Waals surface area contributed by atoms with Crippen LogP contribution in [0.5, 0.6) is 0 Å². The minimum atomic E-state index is 0.244. The molecule has 2 aromatic rings. The largest absolute Gasteiger partial charge is 0.205 e. The van der Waals surface area contributed by atoms with Crippen LogP contribution in [0.15, 0.2) is 49.1 Å². The van der Waals surface area contributed by atoms with Crippen molar-refractivity contribution in [3.8, 4) is 0 Å². The zero-order valence-electron chi connectivity index (χ0n) is 19.9. The second-order valence-corrected chi connectivity index (χ2v) is 10.6. The van der Waals surface area contributed by atoms with E-state index in [1.54, 1.807) is 0 Å². The SMILES string of the molecule is CC(C)(C)c1cc[n+](CCCCCCCCC[n+]2ccc(C(C)(C)C)cc2)cc1. The van der Waals surface area contributed by atoms with E-state index in [1.165, 1.54) is 56.1 Å². The van der Waals surface area contributed by atoms with E-state index in [0.29, 0.717) is 0 Å². The zero-order valence-corrected chi connectivity index (χ0v) is 19.9. The highest BCUT2D eigenvalue weighted by Crippen LogP contribution is 2.21. The van der Waals surface area contributed by atoms with E-state index in [9.17, 15) is 0 Å². The molecule has 0 atom stereocenters. The molecule has 2 heterocycles. The Morgan fingerprint density at radius 3 is 1.03 bits per heavy atom. The van der Waals surface area contributed by atoms with Crippen molar-refractivity contribution < 1.29 is 9.13 Å². The van der Waals surface area contributed by atoms with Gasteiger partial charge in [0.2, 0.25) is 0 Å². The van der Waals surface area contributed by atoms with Crippen molar-refractivity contribution in [2.75, 3.05) is 0 Å². The minimum absolute atomic E-state index is 0.244. The number of unbranched alkanes of at least 4 members (excludes halogenated alkanes) is 6. The maximum absolute atomic E-state index is 2.33. The zero-order chi connectivity index (χ0) is 21.3. The quantitative estimate of drug-likeness (QED) is 0.329. The first-order valence-electron chi connectivity index (χ1n) is 11.7. The van der Waals surface area contributed by atoms with Crippen LogP contribution in [0.4, 0.5) is 0 Å². The predicted molar refractivity (Wildman–Crippen MR) is 123 cm³/mol. The summed E-state index contributed by atoms with van der Waals surface area (Å²) < 4.78 is 4.66. The smallest absolute Gasteiger partial charge is 0.169 e. The van der Waals surface area contributed by atoms with E-state index in [0.717, 1.165) is 13.1 Å². The van der Waals surface area contributed by atoms with Crippen LogP contribution >= 0.6 is 0 Å². The Kier molecular flexibility index (Phi) is 8.86. The highest BCUT2D eigenvalue weighted by atomic mass is 14.9. The number of aromatic nitrogens is 2. The monoisotopic (exact) mass is 396 g/mol. The average Bonchev–Trinajstić information content (AvgIpc) is 2.66. The van der Waals surface area contributed by atoms with Crippen molar-refractivity contribution in [2.24, 2.45) is 0 Å². The summed E-state index contributed by atoms with van der Waals surface area (Å²) in [7, 11) is 0. The van der Waals surface area contributed by atoms with E-state index in [2.05, 4.69) is 99.7 Å². The molecule has 2 rings (SSSR count). The van der Waals surface area contributed by atoms with Crippen molar-refractivity contribution in [1.29, 1.82) is 0 Å². The molecule has 0 aliphatic heterocycles. The van der Waals surface area contributed by atoms with Crippen LogP contribution in [-0.4, -0.2) is 0 Å². The van der Waals surface area contributed by atoms with Gasteiger partial charge in [-0.2, -0.15) is 0 Å². The molecule has 0 aromatic carbocycles. The summed E-state index contributed by atoms with van der Waals surface area (Å²) in [5.41, 5.74) is 3.31. The van der Waals surface area contributed by atoms with Crippen molar-refractivity contribution in [3.63, 3.8) is 0 Å². The van der Waals surface area contributed by atoms with Gasteiger partial charge in [-0.25, -0.2) is 9.13 Å². The summed E-state index contributed by atoms with van der Waals surface area (Å²) in [4.78, 5) is 0. The predicted octanol–water partition coefficient (Wildman–Crippen LogP) is 6.29. The lowest BCUT2D eigenvalue weighted by atomic mass is 9.88. The van der Waals surface area contributed by atoms with Crippen LogP contribution in [-0.2, 0) is 23.9 Å². The number of rotatable bonds is 10. The molecule has 0 fully saturated rings. The van der Waals surface area contributed by atoms with Crippen molar-refractivity contribution in [2.45, 2.75) is 110 Å². The van der Waals surface area contributed by atoms with Gasteiger partial charge in [0.25, 0.3) is 0 Å². The first kappa shape index (κ1) is 23.6. The van der Waals surface area contributed by atoms with E-state index in [1.807, 2.05) is 0 Å². The van der Waals surface area contributed by atoms with Gasteiger partial charge in [-0.1, -0.05) is 60.8 Å². The van der Waals surface area contributed by atoms with Gasteiger partial charge < -0.3 is 0 Å². The Labute approximate surface area is 180 Å². The van der Waals surface area contributed by atoms with Gasteiger partial charge in [0.1, 0.15) is 13.1 Å². The van der Waals surface area contributed by atoms with Crippen LogP contribution in [0.3, 0.4) is 0 Å². The van der Waals surface area contributed by atoms with Gasteiger partial charge in [0.05, 0.1) is 0 Å². The first-order valence-corrected chi connectivity index (χ1v) is 11.7. The second kappa shape index (κ2) is 10.9. The molecule has 0 aliphatic carbocycles. The molecule has 0 spiro atoms. The normalized spacial score (nSPS) is 12.3. The molecule has 0 saturated carbocycles. The molecule has 2 nitrogen and oxygen atoms in total. The van der Waals surface area contributed by atoms with Gasteiger partial charge in [0.15, 0.2) is 24.8 Å². The van der Waals surface area contributed by atoms with Crippen LogP contribution in [0, 0.1) is 0 Å². The van der Waals surface area contributed by atoms with Gasteiger partial charge in [-0.05, 0) is 34.8 Å². The van der Waals surface area contributed by atoms with E-state index < -0.39 is 0 Å². The Hall–Kier alpha value is -1.70. The second-order valence-electron chi connectivity index (χ2n) is 10.6. The van der Waals surface area contributed by atoms with Gasteiger partial charge >= 0.3 is 0 Å². The Bertz CT molecular complexity index is 637. The molecule has 0 saturated heterocycles. The molecular formula is C27H44N2+2. The molecule has 0 bridgehead atoms. The van der Waals surface area contributed by atoms with E-state index >= 15 is 0 Å². The average molecular weight is 397 g/mol. The number of hydrogen-bond acceptors (Lipinski definition) is 0. The highest BCUT2D eigenvalue weighted by Gasteiger charge is 2.15. The molecule has 160 valence electrons. The topological polar surface area (TPSA) is 7.76 Å². The third-order valence-corrected chi connectivity index (χ3v) is 5.85. The fraction of sp³-hybridized carbons (Fsp3) is 0.630. The molecular weight excluding hydrogens is 352 g/mol. The molecule has 0 N–H and O–H groups in total. The first-order chi connectivity index (χ1) is 13.7. The number of aryl methyl sites for hydroxylation is 2. The maximum atomic E-state index is 2.33. The maximum Gasteiger partial charge on any atom is 0.169 e. The lowest BCUT2D eigenvalue weighted by molar-refractivity contribution is -0.697. The summed E-state index contributed by atoms with van der Waals surface area (Å²) in [5, 5.41) is 0. The Morgan fingerprint density at radius 2 is 0.759 bits per heavy atom. The van der Waals surface area contributed by atoms with Crippen molar-refractivity contribution >= 4 is 0 Å². The Balaban J connectivity index is 1.51. The van der Waals surface area contributed by atoms with Gasteiger partial charge in [0, 0.05) is 37.1 Å². The molecule has 2 aromatic heterocycles. The summed E-state index contributed by atoms with van der Waals surface area (Å²) in [6, 6.07) is 9.09. The molecule has 2 heteroatoms. The fourth-order valence-corrected chi connectivity index (χ4v) is 3.69. The lowest BCUT2D eigenvalue weighted by Crippen LogP contribution is -2.33. The number of nitrogens with zero attached hydrogens (tertiary/aromatic N) is 2. The van der Waals surface area contributed by atoms with Crippen molar-refractivity contribution in [1.82, 2.24) is 0 Å². The standard InChI is InChI=1S/C27H44N2/c1-26(2,3)24-14-20-28(21-15-24)18-12-10-8-7-9-11-13-19-29-22-16-25(17-23-29)27(4,5)6/h14-17,20-23H,7-13,18-19H2,1-6H3/q+2. The van der Waals surface area contributed by atoms with Crippen LogP contribution < -0.4 is 9.13 Å². The molecule has 29 heavy (non-hydrogen) atoms. The molecule has 0 aliphatic rings. The summed E-state index contributed by atoms with van der Waals surface area (Å²) in [6.07, 6.45) is 18.3. The molecule has 0 radical (unpaired) electrons. The van der Waals surface area contributed by atoms with Crippen LogP contribution in [0.1, 0.15) is 97.6 Å². The third kappa shape index (κ3) is 8.68. The van der Waals surface area contributed by atoms with Crippen LogP contribution in [0.25, 0.3) is 0 Å². The molecule has 0 unspecified atom stereocenters. The lowest BCUT2D eigenvalue weighted by Gasteiger charge is -2.17. The highest BCUT2D eigenvalue weighted by molar-refractivity contribution is 5.18. The van der Waals surface area contributed by atoms with Crippen LogP contribution in [0.2, 0.25) is 0 Å². The summed E-state index contributed by atoms with van der Waals surface area (Å²) in [5.74, 6) is 0. The van der Waals surface area contributed by atoms with Crippen molar-refractivity contribution in [3.05, 3.63) is 60.2 Å². The number of hydrogen-bond donors (Lipinski definition) is 0. The summed E-state index contributed by atoms with van der Waals surface area (Å²) >= 11 is 0. The van der Waals surface area contributed by atoms with Gasteiger partial charge in [-0.15, -0.1) is 0 Å². The summed E-state index contributed by atoms with van der Waals surface area (Å²) in [6.45, 7) is 15.9. The van der Waals surface area contributed by atoms with Gasteiger partial charge in [-0.3, -0.25) is 0 Å². The number of pyridine rings is 2. The van der Waals surface area contributed by atoms with E-state index in [4.69, 9.17) is 0 Å². The third-order valence-electron chi connectivity index (χ3n) is 5.85. The minimum Gasteiger partial charge on any atom is -0.205 e.